The number of aromatic nitrogens is 2. The van der Waals surface area contributed by atoms with Gasteiger partial charge in [-0.15, -0.1) is 0 Å². The maximum atomic E-state index is 12.4. The fourth-order valence-corrected chi connectivity index (χ4v) is 3.57. The maximum absolute atomic E-state index is 12.4. The van der Waals surface area contributed by atoms with Gasteiger partial charge in [0.15, 0.2) is 5.03 Å². The van der Waals surface area contributed by atoms with Crippen LogP contribution >= 0.6 is 0 Å². The van der Waals surface area contributed by atoms with Gasteiger partial charge < -0.3 is 4.40 Å². The highest BCUT2D eigenvalue weighted by atomic mass is 32.2. The maximum Gasteiger partial charge on any atom is 0.260 e. The van der Waals surface area contributed by atoms with Gasteiger partial charge in [-0.2, -0.15) is 0 Å². The summed E-state index contributed by atoms with van der Waals surface area (Å²) in [6.07, 6.45) is 4.31. The SMILES string of the molecule is CCCNS(=O)(=O)c1nc(CCC)n2cccc(C)c12. The first-order chi connectivity index (χ1) is 9.51. The molecule has 20 heavy (non-hydrogen) atoms. The Morgan fingerprint density at radius 1 is 1.30 bits per heavy atom. The molecule has 110 valence electrons. The summed E-state index contributed by atoms with van der Waals surface area (Å²) in [6, 6.07) is 3.82. The van der Waals surface area contributed by atoms with Crippen LogP contribution in [0.3, 0.4) is 0 Å². The van der Waals surface area contributed by atoms with Gasteiger partial charge >= 0.3 is 0 Å². The predicted molar refractivity (Wildman–Crippen MR) is 79.4 cm³/mol. The second-order valence-corrected chi connectivity index (χ2v) is 6.57. The molecule has 0 aromatic carbocycles. The highest BCUT2D eigenvalue weighted by Gasteiger charge is 2.23. The molecule has 2 aromatic heterocycles. The Hall–Kier alpha value is -1.40. The van der Waals surface area contributed by atoms with E-state index in [1.165, 1.54) is 0 Å². The van der Waals surface area contributed by atoms with E-state index in [-0.39, 0.29) is 5.03 Å². The molecule has 2 heterocycles. The Labute approximate surface area is 120 Å². The first kappa shape index (κ1) is 15.0. The summed E-state index contributed by atoms with van der Waals surface area (Å²) in [5.41, 5.74) is 1.60. The lowest BCUT2D eigenvalue weighted by atomic mass is 10.2. The number of imidazole rings is 1. The second kappa shape index (κ2) is 5.93. The summed E-state index contributed by atoms with van der Waals surface area (Å²) in [6.45, 7) is 6.32. The largest absolute Gasteiger partial charge is 0.302 e. The van der Waals surface area contributed by atoms with Crippen molar-refractivity contribution in [3.63, 3.8) is 0 Å². The van der Waals surface area contributed by atoms with Gasteiger partial charge in [-0.05, 0) is 31.4 Å². The molecule has 1 N–H and O–H groups in total. The molecular formula is C14H21N3O2S. The number of hydrogen-bond donors (Lipinski definition) is 1. The minimum atomic E-state index is -3.55. The Balaban J connectivity index is 2.64. The molecule has 0 saturated carbocycles. The van der Waals surface area contributed by atoms with Crippen LogP contribution in [0.1, 0.15) is 38.1 Å². The van der Waals surface area contributed by atoms with Crippen LogP contribution in [-0.2, 0) is 16.4 Å². The Morgan fingerprint density at radius 2 is 2.05 bits per heavy atom. The van der Waals surface area contributed by atoms with Gasteiger partial charge in [-0.25, -0.2) is 18.1 Å². The van der Waals surface area contributed by atoms with Crippen LogP contribution < -0.4 is 4.72 Å². The van der Waals surface area contributed by atoms with Crippen molar-refractivity contribution in [2.24, 2.45) is 0 Å². The number of nitrogens with zero attached hydrogens (tertiary/aromatic N) is 2. The third-order valence-corrected chi connectivity index (χ3v) is 4.56. The average molecular weight is 295 g/mol. The molecule has 0 aliphatic carbocycles. The summed E-state index contributed by atoms with van der Waals surface area (Å²) in [7, 11) is -3.55. The van der Waals surface area contributed by atoms with Gasteiger partial charge in [0.25, 0.3) is 10.0 Å². The monoisotopic (exact) mass is 295 g/mol. The Bertz CT molecular complexity index is 705. The molecule has 2 rings (SSSR count). The van der Waals surface area contributed by atoms with E-state index in [4.69, 9.17) is 0 Å². The molecule has 0 aliphatic rings. The molecule has 5 nitrogen and oxygen atoms in total. The zero-order valence-corrected chi connectivity index (χ0v) is 13.0. The van der Waals surface area contributed by atoms with E-state index in [9.17, 15) is 8.42 Å². The highest BCUT2D eigenvalue weighted by Crippen LogP contribution is 2.22. The van der Waals surface area contributed by atoms with Gasteiger partial charge in [0.1, 0.15) is 5.82 Å². The molecule has 0 fully saturated rings. The fourth-order valence-electron chi connectivity index (χ4n) is 2.22. The zero-order valence-electron chi connectivity index (χ0n) is 12.2. The summed E-state index contributed by atoms with van der Waals surface area (Å²) < 4.78 is 29.3. The third-order valence-electron chi connectivity index (χ3n) is 3.18. The van der Waals surface area contributed by atoms with E-state index < -0.39 is 10.0 Å². The molecule has 0 spiro atoms. The average Bonchev–Trinajstić information content (AvgIpc) is 2.78. The molecule has 0 saturated heterocycles. The highest BCUT2D eigenvalue weighted by molar-refractivity contribution is 7.89. The summed E-state index contributed by atoms with van der Waals surface area (Å²) >= 11 is 0. The van der Waals surface area contributed by atoms with Crippen molar-refractivity contribution in [2.75, 3.05) is 6.54 Å². The number of rotatable bonds is 6. The van der Waals surface area contributed by atoms with E-state index in [0.717, 1.165) is 30.7 Å². The quantitative estimate of drug-likeness (QED) is 0.889. The lowest BCUT2D eigenvalue weighted by molar-refractivity contribution is 0.578. The lowest BCUT2D eigenvalue weighted by Gasteiger charge is -2.05. The van der Waals surface area contributed by atoms with Gasteiger partial charge in [-0.3, -0.25) is 0 Å². The first-order valence-corrected chi connectivity index (χ1v) is 8.45. The summed E-state index contributed by atoms with van der Waals surface area (Å²) in [5, 5.41) is 0.146. The smallest absolute Gasteiger partial charge is 0.260 e. The van der Waals surface area contributed by atoms with E-state index >= 15 is 0 Å². The van der Waals surface area contributed by atoms with Crippen LogP contribution in [0.5, 0.6) is 0 Å². The number of aryl methyl sites for hydroxylation is 2. The van der Waals surface area contributed by atoms with Crippen molar-refractivity contribution in [3.05, 3.63) is 29.7 Å². The Kier molecular flexibility index (Phi) is 4.45. The van der Waals surface area contributed by atoms with Crippen molar-refractivity contribution in [2.45, 2.75) is 45.1 Å². The van der Waals surface area contributed by atoms with Gasteiger partial charge in [0.05, 0.1) is 5.52 Å². The molecule has 2 aromatic rings. The van der Waals surface area contributed by atoms with Crippen LogP contribution in [0, 0.1) is 6.92 Å². The number of fused-ring (bicyclic) bond motifs is 1. The zero-order chi connectivity index (χ0) is 14.8. The van der Waals surface area contributed by atoms with Gasteiger partial charge in [0.2, 0.25) is 0 Å². The van der Waals surface area contributed by atoms with Crippen molar-refractivity contribution < 1.29 is 8.42 Å². The molecular weight excluding hydrogens is 274 g/mol. The van der Waals surface area contributed by atoms with Crippen molar-refractivity contribution in [1.29, 1.82) is 0 Å². The standard InChI is InChI=1S/C14H21N3O2S/c1-4-7-12-16-14(20(18,19)15-9-5-2)13-11(3)8-6-10-17(12)13/h6,8,10,15H,4-5,7,9H2,1-3H3. The summed E-state index contributed by atoms with van der Waals surface area (Å²) in [5.74, 6) is 0.795. The molecule has 0 radical (unpaired) electrons. The number of nitrogens with one attached hydrogen (secondary N) is 1. The summed E-state index contributed by atoms with van der Waals surface area (Å²) in [4.78, 5) is 4.38. The molecule has 6 heteroatoms. The molecule has 0 amide bonds. The number of pyridine rings is 1. The second-order valence-electron chi connectivity index (χ2n) is 4.89. The topological polar surface area (TPSA) is 63.5 Å². The minimum absolute atomic E-state index is 0.146. The lowest BCUT2D eigenvalue weighted by Crippen LogP contribution is -2.25. The van der Waals surface area contributed by atoms with Crippen molar-refractivity contribution in [3.8, 4) is 0 Å². The van der Waals surface area contributed by atoms with Crippen molar-refractivity contribution in [1.82, 2.24) is 14.1 Å². The van der Waals surface area contributed by atoms with E-state index in [2.05, 4.69) is 16.6 Å². The molecule has 0 unspecified atom stereocenters. The molecule has 0 aliphatic heterocycles. The van der Waals surface area contributed by atoms with Crippen LogP contribution in [0.15, 0.2) is 23.4 Å². The van der Waals surface area contributed by atoms with E-state index in [0.29, 0.717) is 12.1 Å². The van der Waals surface area contributed by atoms with Crippen LogP contribution in [0.2, 0.25) is 0 Å². The fraction of sp³-hybridized carbons (Fsp3) is 0.500. The predicted octanol–water partition coefficient (Wildman–Crippen LogP) is 2.28. The van der Waals surface area contributed by atoms with Crippen molar-refractivity contribution >= 4 is 15.5 Å². The van der Waals surface area contributed by atoms with Gasteiger partial charge in [0, 0.05) is 19.2 Å². The number of sulfonamides is 1. The van der Waals surface area contributed by atoms with Crippen LogP contribution in [0.25, 0.3) is 5.52 Å². The van der Waals surface area contributed by atoms with E-state index in [1.807, 2.05) is 36.6 Å². The third kappa shape index (κ3) is 2.71. The normalized spacial score (nSPS) is 12.2. The Morgan fingerprint density at radius 3 is 2.70 bits per heavy atom. The van der Waals surface area contributed by atoms with Crippen LogP contribution in [-0.4, -0.2) is 24.3 Å². The minimum Gasteiger partial charge on any atom is -0.302 e. The van der Waals surface area contributed by atoms with E-state index in [1.54, 1.807) is 0 Å². The molecule has 0 atom stereocenters. The van der Waals surface area contributed by atoms with Gasteiger partial charge in [-0.1, -0.05) is 19.9 Å². The molecule has 0 bridgehead atoms. The number of hydrogen-bond acceptors (Lipinski definition) is 3. The van der Waals surface area contributed by atoms with Crippen LogP contribution in [0.4, 0.5) is 0 Å². The first-order valence-electron chi connectivity index (χ1n) is 6.97.